The lowest BCUT2D eigenvalue weighted by atomic mass is 10.1. The zero-order chi connectivity index (χ0) is 18.1. The van der Waals surface area contributed by atoms with Gasteiger partial charge in [0, 0.05) is 22.7 Å². The molecular formula is C20H20FN3O2. The first-order valence-electron chi connectivity index (χ1n) is 8.66. The lowest BCUT2D eigenvalue weighted by Gasteiger charge is -2.08. The molecule has 1 fully saturated rings. The van der Waals surface area contributed by atoms with Crippen LogP contribution in [0.4, 0.5) is 4.39 Å². The summed E-state index contributed by atoms with van der Waals surface area (Å²) in [6, 6.07) is 12.4. The molecule has 5 nitrogen and oxygen atoms in total. The second-order valence-corrected chi connectivity index (χ2v) is 7.03. The number of hydrogen-bond acceptors (Lipinski definition) is 3. The van der Waals surface area contributed by atoms with Crippen molar-refractivity contribution in [3.8, 4) is 5.75 Å². The van der Waals surface area contributed by atoms with Crippen LogP contribution in [-0.4, -0.2) is 15.9 Å². The number of ether oxygens (including phenoxy) is 1. The van der Waals surface area contributed by atoms with Crippen LogP contribution in [0.3, 0.4) is 0 Å². The Kier molecular flexibility index (Phi) is 4.11. The van der Waals surface area contributed by atoms with E-state index in [1.807, 2.05) is 31.2 Å². The molecule has 2 heterocycles. The summed E-state index contributed by atoms with van der Waals surface area (Å²) >= 11 is 0. The highest BCUT2D eigenvalue weighted by molar-refractivity contribution is 5.85. The molecule has 4 rings (SSSR count). The van der Waals surface area contributed by atoms with Crippen molar-refractivity contribution in [2.45, 2.75) is 32.9 Å². The Morgan fingerprint density at radius 1 is 1.31 bits per heavy atom. The summed E-state index contributed by atoms with van der Waals surface area (Å²) in [6.45, 7) is 2.67. The predicted octanol–water partition coefficient (Wildman–Crippen LogP) is 3.70. The third kappa shape index (κ3) is 3.54. The maximum atomic E-state index is 13.1. The zero-order valence-electron chi connectivity index (χ0n) is 14.5. The molecule has 0 unspecified atom stereocenters. The van der Waals surface area contributed by atoms with Crippen LogP contribution in [0.5, 0.6) is 5.75 Å². The number of halogens is 1. The van der Waals surface area contributed by atoms with Crippen molar-refractivity contribution < 1.29 is 13.9 Å². The minimum Gasteiger partial charge on any atom is -0.487 e. The fourth-order valence-corrected chi connectivity index (χ4v) is 2.84. The van der Waals surface area contributed by atoms with Gasteiger partial charge in [-0.1, -0.05) is 13.0 Å². The van der Waals surface area contributed by atoms with Gasteiger partial charge >= 0.3 is 0 Å². The number of carbonyl (C=O) groups is 1. The van der Waals surface area contributed by atoms with Gasteiger partial charge in [-0.25, -0.2) is 4.98 Å². The third-order valence-corrected chi connectivity index (χ3v) is 4.80. The Morgan fingerprint density at radius 3 is 2.92 bits per heavy atom. The number of aromatic nitrogens is 2. The molecule has 26 heavy (non-hydrogen) atoms. The fourth-order valence-electron chi connectivity index (χ4n) is 2.84. The average molecular weight is 353 g/mol. The van der Waals surface area contributed by atoms with Crippen molar-refractivity contribution >= 4 is 16.8 Å². The molecule has 1 aliphatic carbocycles. The zero-order valence-corrected chi connectivity index (χ0v) is 14.5. The summed E-state index contributed by atoms with van der Waals surface area (Å²) in [7, 11) is 0. The molecule has 0 radical (unpaired) electrons. The van der Waals surface area contributed by atoms with Gasteiger partial charge < -0.3 is 15.0 Å². The van der Waals surface area contributed by atoms with E-state index in [-0.39, 0.29) is 17.9 Å². The standard InChI is InChI=1S/C20H20FN3O2/c1-20(7-8-20)19(25)22-11-15-9-13-5-6-16(10-17(13)23-15)26-12-14-3-2-4-18(21)24-14/h2-6,9-10,23H,7-8,11-12H2,1H3,(H,22,25). The van der Waals surface area contributed by atoms with Crippen LogP contribution in [0.15, 0.2) is 42.5 Å². The number of pyridine rings is 1. The molecule has 134 valence electrons. The number of nitrogens with one attached hydrogen (secondary N) is 2. The molecule has 2 N–H and O–H groups in total. The van der Waals surface area contributed by atoms with Crippen LogP contribution in [0.1, 0.15) is 31.2 Å². The van der Waals surface area contributed by atoms with E-state index >= 15 is 0 Å². The van der Waals surface area contributed by atoms with Crippen molar-refractivity contribution in [3.63, 3.8) is 0 Å². The molecule has 0 aliphatic heterocycles. The monoisotopic (exact) mass is 353 g/mol. The van der Waals surface area contributed by atoms with Crippen molar-refractivity contribution in [3.05, 3.63) is 59.8 Å². The molecule has 6 heteroatoms. The van der Waals surface area contributed by atoms with Gasteiger partial charge in [0.1, 0.15) is 12.4 Å². The summed E-state index contributed by atoms with van der Waals surface area (Å²) in [4.78, 5) is 19.1. The summed E-state index contributed by atoms with van der Waals surface area (Å²) in [5, 5.41) is 4.03. The molecule has 1 saturated carbocycles. The van der Waals surface area contributed by atoms with Gasteiger partial charge in [0.2, 0.25) is 11.9 Å². The number of hydrogen-bond donors (Lipinski definition) is 2. The molecule has 0 atom stereocenters. The van der Waals surface area contributed by atoms with E-state index in [9.17, 15) is 9.18 Å². The first-order chi connectivity index (χ1) is 12.5. The normalized spacial score (nSPS) is 15.0. The first kappa shape index (κ1) is 16.6. The number of H-pyrrole nitrogens is 1. The third-order valence-electron chi connectivity index (χ3n) is 4.80. The van der Waals surface area contributed by atoms with E-state index in [1.165, 1.54) is 6.07 Å². The second kappa shape index (κ2) is 6.44. The maximum absolute atomic E-state index is 13.1. The van der Waals surface area contributed by atoms with Gasteiger partial charge in [-0.05, 0) is 48.6 Å². The number of rotatable bonds is 6. The smallest absolute Gasteiger partial charge is 0.226 e. The molecule has 1 aliphatic rings. The summed E-state index contributed by atoms with van der Waals surface area (Å²) in [5.74, 6) is 0.270. The van der Waals surface area contributed by atoms with Gasteiger partial charge in [0.05, 0.1) is 12.2 Å². The minimum absolute atomic E-state index is 0.114. The Labute approximate surface area is 150 Å². The number of aromatic amines is 1. The highest BCUT2D eigenvalue weighted by Gasteiger charge is 2.44. The fraction of sp³-hybridized carbons (Fsp3) is 0.300. The van der Waals surface area contributed by atoms with Crippen LogP contribution in [0, 0.1) is 11.4 Å². The van der Waals surface area contributed by atoms with E-state index < -0.39 is 5.95 Å². The second-order valence-electron chi connectivity index (χ2n) is 7.03. The maximum Gasteiger partial charge on any atom is 0.226 e. The van der Waals surface area contributed by atoms with Crippen molar-refractivity contribution in [1.29, 1.82) is 0 Å². The highest BCUT2D eigenvalue weighted by atomic mass is 19.1. The van der Waals surface area contributed by atoms with E-state index in [4.69, 9.17) is 4.74 Å². The number of benzene rings is 1. The molecule has 2 aromatic heterocycles. The van der Waals surface area contributed by atoms with E-state index in [0.717, 1.165) is 29.4 Å². The van der Waals surface area contributed by atoms with Crippen LogP contribution < -0.4 is 10.1 Å². The molecule has 1 amide bonds. The van der Waals surface area contributed by atoms with E-state index in [2.05, 4.69) is 15.3 Å². The van der Waals surface area contributed by atoms with Crippen LogP contribution >= 0.6 is 0 Å². The predicted molar refractivity (Wildman–Crippen MR) is 96.0 cm³/mol. The van der Waals surface area contributed by atoms with Crippen molar-refractivity contribution in [1.82, 2.24) is 15.3 Å². The Balaban J connectivity index is 1.41. The number of carbonyl (C=O) groups excluding carboxylic acids is 1. The minimum atomic E-state index is -0.516. The van der Waals surface area contributed by atoms with Gasteiger partial charge in [-0.2, -0.15) is 4.39 Å². The first-order valence-corrected chi connectivity index (χ1v) is 8.66. The quantitative estimate of drug-likeness (QED) is 0.664. The molecule has 3 aromatic rings. The summed E-state index contributed by atoms with van der Waals surface area (Å²) in [6.07, 6.45) is 1.93. The van der Waals surface area contributed by atoms with E-state index in [0.29, 0.717) is 18.0 Å². The largest absolute Gasteiger partial charge is 0.487 e. The number of nitrogens with zero attached hydrogens (tertiary/aromatic N) is 1. The average Bonchev–Trinajstić information content (AvgIpc) is 3.25. The SMILES string of the molecule is CC1(C(=O)NCc2cc3ccc(OCc4cccc(F)n4)cc3[nH]2)CC1. The van der Waals surface area contributed by atoms with Crippen LogP contribution in [-0.2, 0) is 17.9 Å². The molecule has 0 saturated heterocycles. The summed E-state index contributed by atoms with van der Waals surface area (Å²) < 4.78 is 18.8. The van der Waals surface area contributed by atoms with Gasteiger partial charge in [0.25, 0.3) is 0 Å². The molecule has 1 aromatic carbocycles. The van der Waals surface area contributed by atoms with Crippen molar-refractivity contribution in [2.24, 2.45) is 5.41 Å². The van der Waals surface area contributed by atoms with Crippen molar-refractivity contribution in [2.75, 3.05) is 0 Å². The van der Waals surface area contributed by atoms with Crippen LogP contribution in [0.2, 0.25) is 0 Å². The van der Waals surface area contributed by atoms with Gasteiger partial charge in [-0.15, -0.1) is 0 Å². The number of fused-ring (bicyclic) bond motifs is 1. The van der Waals surface area contributed by atoms with Gasteiger partial charge in [0.15, 0.2) is 0 Å². The Bertz CT molecular complexity index is 963. The molecule has 0 spiro atoms. The topological polar surface area (TPSA) is 67.0 Å². The summed E-state index contributed by atoms with van der Waals surface area (Å²) in [5.41, 5.74) is 2.24. The van der Waals surface area contributed by atoms with Crippen LogP contribution in [0.25, 0.3) is 10.9 Å². The lowest BCUT2D eigenvalue weighted by Crippen LogP contribution is -2.29. The highest BCUT2D eigenvalue weighted by Crippen LogP contribution is 2.45. The Hall–Kier alpha value is -2.89. The molecule has 0 bridgehead atoms. The molecular weight excluding hydrogens is 333 g/mol. The number of amides is 1. The van der Waals surface area contributed by atoms with Gasteiger partial charge in [-0.3, -0.25) is 4.79 Å². The van der Waals surface area contributed by atoms with E-state index in [1.54, 1.807) is 12.1 Å². The lowest BCUT2D eigenvalue weighted by molar-refractivity contribution is -0.125. The Morgan fingerprint density at radius 2 is 2.15 bits per heavy atom.